The molecule has 1 unspecified atom stereocenters. The Kier molecular flexibility index (Phi) is 25.3. The highest BCUT2D eigenvalue weighted by Crippen LogP contribution is 2.12. The first-order valence-corrected chi connectivity index (χ1v) is 9.72. The molecule has 0 amide bonds. The summed E-state index contributed by atoms with van der Waals surface area (Å²) in [5.74, 6) is 1.07. The zero-order chi connectivity index (χ0) is 16.2. The molecule has 0 rings (SSSR count). The number of hydrogen-bond acceptors (Lipinski definition) is 3. The molecular weight excluding hydrogens is 280 g/mol. The molecule has 0 saturated heterocycles. The SMILES string of the molecule is CC(O)CO.CCCCCCCCCCCCCCCS. The van der Waals surface area contributed by atoms with E-state index in [1.807, 2.05) is 0 Å². The van der Waals surface area contributed by atoms with Crippen molar-refractivity contribution in [3.8, 4) is 0 Å². The molecule has 130 valence electrons. The highest BCUT2D eigenvalue weighted by atomic mass is 32.1. The number of aliphatic hydroxyl groups is 2. The molecule has 21 heavy (non-hydrogen) atoms. The Morgan fingerprint density at radius 3 is 1.24 bits per heavy atom. The summed E-state index contributed by atoms with van der Waals surface area (Å²) in [5, 5.41) is 16.0. The van der Waals surface area contributed by atoms with Crippen molar-refractivity contribution in [3.63, 3.8) is 0 Å². The topological polar surface area (TPSA) is 40.5 Å². The summed E-state index contributed by atoms with van der Waals surface area (Å²) in [6.45, 7) is 3.67. The highest BCUT2D eigenvalue weighted by Gasteiger charge is 1.92. The largest absolute Gasteiger partial charge is 0.394 e. The van der Waals surface area contributed by atoms with Gasteiger partial charge in [0.05, 0.1) is 12.7 Å². The molecule has 0 fully saturated rings. The van der Waals surface area contributed by atoms with Gasteiger partial charge in [-0.1, -0.05) is 84.0 Å². The van der Waals surface area contributed by atoms with Gasteiger partial charge in [0.2, 0.25) is 0 Å². The van der Waals surface area contributed by atoms with Crippen molar-refractivity contribution in [2.45, 2.75) is 103 Å². The molecule has 1 atom stereocenters. The van der Waals surface area contributed by atoms with Gasteiger partial charge in [-0.2, -0.15) is 12.6 Å². The maximum atomic E-state index is 8.11. The molecule has 0 radical (unpaired) electrons. The van der Waals surface area contributed by atoms with E-state index in [0.29, 0.717) is 0 Å². The van der Waals surface area contributed by atoms with Gasteiger partial charge in [-0.25, -0.2) is 0 Å². The Hall–Kier alpha value is 0.270. The Balaban J connectivity index is 0. The summed E-state index contributed by atoms with van der Waals surface area (Å²) < 4.78 is 0. The van der Waals surface area contributed by atoms with E-state index in [2.05, 4.69) is 19.6 Å². The van der Waals surface area contributed by atoms with Gasteiger partial charge in [0, 0.05) is 0 Å². The fraction of sp³-hybridized carbons (Fsp3) is 1.00. The second-order valence-electron chi connectivity index (χ2n) is 6.00. The number of rotatable bonds is 14. The Morgan fingerprint density at radius 1 is 0.714 bits per heavy atom. The smallest absolute Gasteiger partial charge is 0.0742 e. The van der Waals surface area contributed by atoms with Crippen molar-refractivity contribution in [3.05, 3.63) is 0 Å². The second-order valence-corrected chi connectivity index (χ2v) is 6.45. The van der Waals surface area contributed by atoms with E-state index in [9.17, 15) is 0 Å². The van der Waals surface area contributed by atoms with E-state index in [1.54, 1.807) is 0 Å². The predicted octanol–water partition coefficient (Wildman–Crippen LogP) is 5.37. The van der Waals surface area contributed by atoms with Crippen LogP contribution in [-0.4, -0.2) is 28.7 Å². The van der Waals surface area contributed by atoms with Crippen molar-refractivity contribution >= 4 is 12.6 Å². The maximum Gasteiger partial charge on any atom is 0.0742 e. The summed E-state index contributed by atoms with van der Waals surface area (Å²) >= 11 is 4.23. The first-order valence-electron chi connectivity index (χ1n) is 9.08. The second kappa shape index (κ2) is 22.5. The lowest BCUT2D eigenvalue weighted by Gasteiger charge is -2.02. The fourth-order valence-electron chi connectivity index (χ4n) is 2.13. The number of thiol groups is 1. The van der Waals surface area contributed by atoms with Gasteiger partial charge in [-0.05, 0) is 19.1 Å². The normalized spacial score (nSPS) is 11.9. The van der Waals surface area contributed by atoms with Crippen molar-refractivity contribution in [1.29, 1.82) is 0 Å². The third-order valence-corrected chi connectivity index (χ3v) is 3.84. The van der Waals surface area contributed by atoms with Crippen LogP contribution in [-0.2, 0) is 0 Å². The molecule has 0 aromatic rings. The molecule has 0 saturated carbocycles. The van der Waals surface area contributed by atoms with Crippen LogP contribution in [0.15, 0.2) is 0 Å². The van der Waals surface area contributed by atoms with Crippen LogP contribution in [0, 0.1) is 0 Å². The van der Waals surface area contributed by atoms with Gasteiger partial charge in [-0.3, -0.25) is 0 Å². The average molecular weight is 321 g/mol. The summed E-state index contributed by atoms with van der Waals surface area (Å²) in [5.41, 5.74) is 0. The van der Waals surface area contributed by atoms with E-state index >= 15 is 0 Å². The predicted molar refractivity (Wildman–Crippen MR) is 98.3 cm³/mol. The molecule has 0 aliphatic carbocycles. The van der Waals surface area contributed by atoms with Crippen LogP contribution in [0.25, 0.3) is 0 Å². The van der Waals surface area contributed by atoms with Crippen LogP contribution < -0.4 is 0 Å². The van der Waals surface area contributed by atoms with Gasteiger partial charge in [-0.15, -0.1) is 0 Å². The third-order valence-electron chi connectivity index (χ3n) is 3.53. The molecule has 0 aromatic heterocycles. The van der Waals surface area contributed by atoms with E-state index in [1.165, 1.54) is 90.4 Å². The van der Waals surface area contributed by atoms with Crippen LogP contribution >= 0.6 is 12.6 Å². The van der Waals surface area contributed by atoms with Crippen LogP contribution in [0.2, 0.25) is 0 Å². The van der Waals surface area contributed by atoms with Crippen molar-refractivity contribution in [2.24, 2.45) is 0 Å². The van der Waals surface area contributed by atoms with Gasteiger partial charge >= 0.3 is 0 Å². The van der Waals surface area contributed by atoms with Crippen molar-refractivity contribution in [1.82, 2.24) is 0 Å². The lowest BCUT2D eigenvalue weighted by atomic mass is 10.1. The Labute approximate surface area is 139 Å². The molecule has 0 spiro atoms. The number of hydrogen-bond donors (Lipinski definition) is 3. The molecule has 2 nitrogen and oxygen atoms in total. The standard InChI is InChI=1S/C15H32S.C3H8O2/c1-2-3-4-5-6-7-8-9-10-11-12-13-14-15-16;1-3(5)2-4/h16H,2-15H2,1H3;3-5H,2H2,1H3. The van der Waals surface area contributed by atoms with Gasteiger partial charge < -0.3 is 10.2 Å². The zero-order valence-corrected chi connectivity index (χ0v) is 15.4. The van der Waals surface area contributed by atoms with E-state index in [-0.39, 0.29) is 6.61 Å². The quantitative estimate of drug-likeness (QED) is 0.297. The van der Waals surface area contributed by atoms with Crippen LogP contribution in [0.3, 0.4) is 0 Å². The lowest BCUT2D eigenvalue weighted by Crippen LogP contribution is -2.03. The summed E-state index contributed by atoms with van der Waals surface area (Å²) in [4.78, 5) is 0. The lowest BCUT2D eigenvalue weighted by molar-refractivity contribution is 0.110. The minimum absolute atomic E-state index is 0.139. The van der Waals surface area contributed by atoms with Crippen LogP contribution in [0.5, 0.6) is 0 Å². The molecule has 0 bridgehead atoms. The Morgan fingerprint density at radius 2 is 1.00 bits per heavy atom. The maximum absolute atomic E-state index is 8.11. The molecule has 0 heterocycles. The van der Waals surface area contributed by atoms with Gasteiger partial charge in [0.1, 0.15) is 0 Å². The summed E-state index contributed by atoms with van der Waals surface area (Å²) in [6, 6.07) is 0. The first-order chi connectivity index (χ1) is 10.2. The Bertz CT molecular complexity index is 149. The van der Waals surface area contributed by atoms with E-state index < -0.39 is 6.10 Å². The van der Waals surface area contributed by atoms with Crippen LogP contribution in [0.4, 0.5) is 0 Å². The minimum atomic E-state index is -0.560. The van der Waals surface area contributed by atoms with Gasteiger partial charge in [0.25, 0.3) is 0 Å². The highest BCUT2D eigenvalue weighted by molar-refractivity contribution is 7.80. The van der Waals surface area contributed by atoms with Gasteiger partial charge in [0.15, 0.2) is 0 Å². The van der Waals surface area contributed by atoms with Crippen molar-refractivity contribution in [2.75, 3.05) is 12.4 Å². The molecule has 0 aromatic carbocycles. The molecule has 3 heteroatoms. The average Bonchev–Trinajstić information content (AvgIpc) is 2.49. The van der Waals surface area contributed by atoms with E-state index in [0.717, 1.165) is 5.75 Å². The molecular formula is C18H40O2S. The van der Waals surface area contributed by atoms with Crippen LogP contribution in [0.1, 0.15) is 97.3 Å². The van der Waals surface area contributed by atoms with E-state index in [4.69, 9.17) is 10.2 Å². The molecule has 0 aliphatic heterocycles. The first kappa shape index (κ1) is 23.5. The zero-order valence-electron chi connectivity index (χ0n) is 14.5. The molecule has 0 aliphatic rings. The third kappa shape index (κ3) is 29.0. The number of unbranched alkanes of at least 4 members (excludes halogenated alkanes) is 12. The molecule has 2 N–H and O–H groups in total. The van der Waals surface area contributed by atoms with Crippen molar-refractivity contribution < 1.29 is 10.2 Å². The summed E-state index contributed by atoms with van der Waals surface area (Å²) in [6.07, 6.45) is 18.1. The summed E-state index contributed by atoms with van der Waals surface area (Å²) in [7, 11) is 0. The monoisotopic (exact) mass is 320 g/mol. The number of aliphatic hydroxyl groups excluding tert-OH is 2. The minimum Gasteiger partial charge on any atom is -0.394 e. The fourth-order valence-corrected chi connectivity index (χ4v) is 2.35.